The first kappa shape index (κ1) is 24.9. The standard InChI is InChI=1S/C25H34ClN5O3/c1-17-15-21(32)23-22(17)24(29-16-28-23)30-10-12-31(13-11-30)25(33)20(7-8-27-9-14-34-2)18-3-5-19(26)6-4-18/h3-6,16-17,20-21,27,32H,7-15H2,1-2H3/t17-,20-,21-/m1/s1. The maximum atomic E-state index is 13.6. The molecule has 0 bridgehead atoms. The van der Waals surface area contributed by atoms with Gasteiger partial charge < -0.3 is 25.0 Å². The molecule has 8 nitrogen and oxygen atoms in total. The summed E-state index contributed by atoms with van der Waals surface area (Å²) in [6.45, 7) is 6.92. The van der Waals surface area contributed by atoms with E-state index in [2.05, 4.69) is 27.1 Å². The molecule has 0 radical (unpaired) electrons. The van der Waals surface area contributed by atoms with Gasteiger partial charge in [0.1, 0.15) is 12.1 Å². The molecular formula is C25H34ClN5O3. The molecule has 9 heteroatoms. The van der Waals surface area contributed by atoms with E-state index in [1.807, 2.05) is 29.2 Å². The number of aliphatic hydroxyl groups excluding tert-OH is 1. The number of halogens is 1. The van der Waals surface area contributed by atoms with Crippen LogP contribution in [0.3, 0.4) is 0 Å². The number of hydrogen-bond acceptors (Lipinski definition) is 7. The number of aliphatic hydroxyl groups is 1. The summed E-state index contributed by atoms with van der Waals surface area (Å²) in [6.07, 6.45) is 2.41. The van der Waals surface area contributed by atoms with Crippen molar-refractivity contribution >= 4 is 23.3 Å². The number of ether oxygens (including phenoxy) is 1. The number of nitrogens with zero attached hydrogens (tertiary/aromatic N) is 4. The number of carbonyl (C=O) groups is 1. The molecule has 1 aliphatic carbocycles. The smallest absolute Gasteiger partial charge is 0.230 e. The first-order valence-electron chi connectivity index (χ1n) is 12.0. The van der Waals surface area contributed by atoms with Crippen LogP contribution in [-0.2, 0) is 9.53 Å². The highest BCUT2D eigenvalue weighted by Crippen LogP contribution is 2.42. The fraction of sp³-hybridized carbons (Fsp3) is 0.560. The van der Waals surface area contributed by atoms with E-state index in [9.17, 15) is 9.90 Å². The summed E-state index contributed by atoms with van der Waals surface area (Å²) >= 11 is 6.09. The minimum absolute atomic E-state index is 0.146. The maximum Gasteiger partial charge on any atom is 0.230 e. The van der Waals surface area contributed by atoms with Gasteiger partial charge in [-0.25, -0.2) is 9.97 Å². The monoisotopic (exact) mass is 487 g/mol. The lowest BCUT2D eigenvalue weighted by molar-refractivity contribution is -0.133. The second kappa shape index (κ2) is 11.4. The molecule has 4 rings (SSSR count). The van der Waals surface area contributed by atoms with Crippen LogP contribution in [0.4, 0.5) is 5.82 Å². The van der Waals surface area contributed by atoms with Crippen molar-refractivity contribution in [3.8, 4) is 0 Å². The highest BCUT2D eigenvalue weighted by molar-refractivity contribution is 6.30. The van der Waals surface area contributed by atoms with Crippen molar-refractivity contribution in [2.45, 2.75) is 37.7 Å². The van der Waals surface area contributed by atoms with Gasteiger partial charge in [-0.2, -0.15) is 0 Å². The molecular weight excluding hydrogens is 454 g/mol. The van der Waals surface area contributed by atoms with E-state index in [4.69, 9.17) is 16.3 Å². The lowest BCUT2D eigenvalue weighted by atomic mass is 9.93. The molecule has 1 amide bonds. The number of carbonyl (C=O) groups excluding carboxylic acids is 1. The zero-order valence-corrected chi connectivity index (χ0v) is 20.7. The Morgan fingerprint density at radius 3 is 2.65 bits per heavy atom. The second-order valence-electron chi connectivity index (χ2n) is 9.10. The maximum absolute atomic E-state index is 13.6. The van der Waals surface area contributed by atoms with E-state index in [-0.39, 0.29) is 17.7 Å². The molecule has 1 aromatic heterocycles. The molecule has 0 saturated carbocycles. The fourth-order valence-corrected chi connectivity index (χ4v) is 5.11. The third-order valence-corrected chi connectivity index (χ3v) is 7.09. The van der Waals surface area contributed by atoms with Crippen molar-refractivity contribution < 1.29 is 14.6 Å². The number of piperazine rings is 1. The molecule has 2 aromatic rings. The van der Waals surface area contributed by atoms with Crippen LogP contribution >= 0.6 is 11.6 Å². The minimum atomic E-state index is -0.521. The van der Waals surface area contributed by atoms with E-state index in [1.54, 1.807) is 13.4 Å². The summed E-state index contributed by atoms with van der Waals surface area (Å²) in [5.74, 6) is 1.04. The Bertz CT molecular complexity index is 966. The van der Waals surface area contributed by atoms with Crippen LogP contribution in [0.1, 0.15) is 54.5 Å². The SMILES string of the molecule is COCCNCC[C@@H](C(=O)N1CCN(c2ncnc3c2[C@H](C)C[C@H]3O)CC1)c1ccc(Cl)cc1. The first-order valence-corrected chi connectivity index (χ1v) is 12.4. The van der Waals surface area contributed by atoms with Crippen LogP contribution in [-0.4, -0.2) is 78.9 Å². The second-order valence-corrected chi connectivity index (χ2v) is 9.53. The van der Waals surface area contributed by atoms with E-state index in [1.165, 1.54) is 0 Å². The van der Waals surface area contributed by atoms with Gasteiger partial charge in [0, 0.05) is 50.4 Å². The highest BCUT2D eigenvalue weighted by Gasteiger charge is 2.35. The molecule has 184 valence electrons. The Morgan fingerprint density at radius 2 is 1.94 bits per heavy atom. The van der Waals surface area contributed by atoms with E-state index in [0.717, 1.165) is 35.7 Å². The molecule has 2 aliphatic rings. The number of aromatic nitrogens is 2. The zero-order valence-electron chi connectivity index (χ0n) is 19.9. The van der Waals surface area contributed by atoms with Crippen LogP contribution in [0, 0.1) is 0 Å². The van der Waals surface area contributed by atoms with Gasteiger partial charge in [0.2, 0.25) is 5.91 Å². The Hall–Kier alpha value is -2.26. The summed E-state index contributed by atoms with van der Waals surface area (Å²) in [5, 5.41) is 14.3. The van der Waals surface area contributed by atoms with Crippen LogP contribution in [0.2, 0.25) is 5.02 Å². The molecule has 1 fully saturated rings. The number of nitrogens with one attached hydrogen (secondary N) is 1. The van der Waals surface area contributed by atoms with Gasteiger partial charge in [-0.15, -0.1) is 0 Å². The molecule has 2 N–H and O–H groups in total. The summed E-state index contributed by atoms with van der Waals surface area (Å²) < 4.78 is 5.10. The van der Waals surface area contributed by atoms with Gasteiger partial charge in [0.25, 0.3) is 0 Å². The average molecular weight is 488 g/mol. The molecule has 34 heavy (non-hydrogen) atoms. The van der Waals surface area contributed by atoms with Crippen molar-refractivity contribution in [1.29, 1.82) is 0 Å². The number of amides is 1. The molecule has 1 aromatic carbocycles. The third kappa shape index (κ3) is 5.51. The Labute approximate surface area is 206 Å². The average Bonchev–Trinajstić information content (AvgIpc) is 3.15. The molecule has 0 unspecified atom stereocenters. The van der Waals surface area contributed by atoms with Crippen molar-refractivity contribution in [3.05, 3.63) is 52.4 Å². The van der Waals surface area contributed by atoms with E-state index >= 15 is 0 Å². The number of fused-ring (bicyclic) bond motifs is 1. The van der Waals surface area contributed by atoms with Crippen molar-refractivity contribution in [3.63, 3.8) is 0 Å². The van der Waals surface area contributed by atoms with Crippen LogP contribution in [0.25, 0.3) is 0 Å². The zero-order chi connectivity index (χ0) is 24.1. The lowest BCUT2D eigenvalue weighted by Gasteiger charge is -2.38. The molecule has 3 atom stereocenters. The summed E-state index contributed by atoms with van der Waals surface area (Å²) in [4.78, 5) is 26.7. The van der Waals surface area contributed by atoms with Crippen LogP contribution in [0.5, 0.6) is 0 Å². The summed E-state index contributed by atoms with van der Waals surface area (Å²) in [5.41, 5.74) is 2.79. The number of methoxy groups -OCH3 is 1. The van der Waals surface area contributed by atoms with Crippen LogP contribution in [0.15, 0.2) is 30.6 Å². The van der Waals surface area contributed by atoms with Crippen LogP contribution < -0.4 is 10.2 Å². The normalized spacial score (nSPS) is 20.9. The van der Waals surface area contributed by atoms with Crippen molar-refractivity contribution in [1.82, 2.24) is 20.2 Å². The van der Waals surface area contributed by atoms with E-state index < -0.39 is 6.10 Å². The van der Waals surface area contributed by atoms with Crippen molar-refractivity contribution in [2.75, 3.05) is 57.9 Å². The number of rotatable bonds is 9. The highest BCUT2D eigenvalue weighted by atomic mass is 35.5. The Kier molecular flexibility index (Phi) is 8.37. The van der Waals surface area contributed by atoms with Gasteiger partial charge in [-0.1, -0.05) is 30.7 Å². The van der Waals surface area contributed by atoms with Gasteiger partial charge in [-0.05, 0) is 43.0 Å². The van der Waals surface area contributed by atoms with Crippen molar-refractivity contribution in [2.24, 2.45) is 0 Å². The van der Waals surface area contributed by atoms with Gasteiger partial charge >= 0.3 is 0 Å². The number of anilines is 1. The Balaban J connectivity index is 1.42. The molecule has 1 aliphatic heterocycles. The first-order chi connectivity index (χ1) is 16.5. The predicted molar refractivity (Wildman–Crippen MR) is 132 cm³/mol. The van der Waals surface area contributed by atoms with Gasteiger partial charge in [0.15, 0.2) is 0 Å². The summed E-state index contributed by atoms with van der Waals surface area (Å²) in [6, 6.07) is 7.60. The third-order valence-electron chi connectivity index (χ3n) is 6.83. The molecule has 2 heterocycles. The number of benzene rings is 1. The topological polar surface area (TPSA) is 90.8 Å². The van der Waals surface area contributed by atoms with Gasteiger partial charge in [0.05, 0.1) is 24.3 Å². The molecule has 1 saturated heterocycles. The lowest BCUT2D eigenvalue weighted by Crippen LogP contribution is -2.50. The predicted octanol–water partition coefficient (Wildman–Crippen LogP) is 2.73. The minimum Gasteiger partial charge on any atom is -0.387 e. The number of hydrogen-bond donors (Lipinski definition) is 2. The Morgan fingerprint density at radius 1 is 1.21 bits per heavy atom. The van der Waals surface area contributed by atoms with Gasteiger partial charge in [-0.3, -0.25) is 4.79 Å². The summed E-state index contributed by atoms with van der Waals surface area (Å²) in [7, 11) is 1.68. The fourth-order valence-electron chi connectivity index (χ4n) is 4.99. The largest absolute Gasteiger partial charge is 0.387 e. The van der Waals surface area contributed by atoms with E-state index in [0.29, 0.717) is 50.7 Å². The quantitative estimate of drug-likeness (QED) is 0.525. The molecule has 0 spiro atoms.